The van der Waals surface area contributed by atoms with Gasteiger partial charge in [0.25, 0.3) is 11.5 Å². The number of nitrogens with one attached hydrogen (secondary N) is 1. The molecule has 0 saturated heterocycles. The first-order chi connectivity index (χ1) is 9.59. The summed E-state index contributed by atoms with van der Waals surface area (Å²) in [6.07, 6.45) is 7.63. The van der Waals surface area contributed by atoms with Gasteiger partial charge in [-0.15, -0.1) is 0 Å². The molecular formula is C14H19N3O3. The molecule has 1 aromatic heterocycles. The molecule has 6 heteroatoms. The minimum absolute atomic E-state index is 0.0749. The number of rotatable bonds is 3. The van der Waals surface area contributed by atoms with Gasteiger partial charge < -0.3 is 9.88 Å². The van der Waals surface area contributed by atoms with Crippen molar-refractivity contribution in [2.24, 2.45) is 7.05 Å². The van der Waals surface area contributed by atoms with Gasteiger partial charge in [0.2, 0.25) is 0 Å². The van der Waals surface area contributed by atoms with Gasteiger partial charge in [0, 0.05) is 25.3 Å². The Hall–Kier alpha value is -1.85. The zero-order valence-corrected chi connectivity index (χ0v) is 11.6. The lowest BCUT2D eigenvalue weighted by atomic mass is 10.1. The second-order valence-electron chi connectivity index (χ2n) is 5.75. The number of hydrogen-bond acceptors (Lipinski definition) is 3. The summed E-state index contributed by atoms with van der Waals surface area (Å²) in [6.45, 7) is 0. The van der Waals surface area contributed by atoms with Crippen molar-refractivity contribution in [3.63, 3.8) is 0 Å². The molecule has 0 aliphatic heterocycles. The first-order valence-corrected chi connectivity index (χ1v) is 7.21. The number of aromatic nitrogens is 2. The summed E-state index contributed by atoms with van der Waals surface area (Å²) in [5.41, 5.74) is -0.932. The Balaban J connectivity index is 1.95. The maximum atomic E-state index is 12.7. The van der Waals surface area contributed by atoms with E-state index in [2.05, 4.69) is 4.98 Å². The van der Waals surface area contributed by atoms with Crippen molar-refractivity contribution in [3.8, 4) is 0 Å². The highest BCUT2D eigenvalue weighted by Gasteiger charge is 2.39. The van der Waals surface area contributed by atoms with E-state index in [1.807, 2.05) is 4.90 Å². The van der Waals surface area contributed by atoms with Crippen molar-refractivity contribution in [3.05, 3.63) is 32.6 Å². The van der Waals surface area contributed by atoms with Crippen LogP contribution in [0.1, 0.15) is 48.9 Å². The Morgan fingerprint density at radius 1 is 1.20 bits per heavy atom. The second-order valence-corrected chi connectivity index (χ2v) is 5.75. The molecule has 1 aromatic rings. The Bertz CT molecular complexity index is 636. The van der Waals surface area contributed by atoms with Crippen LogP contribution < -0.4 is 11.2 Å². The predicted octanol–water partition coefficient (Wildman–Crippen LogP) is 0.621. The Kier molecular flexibility index (Phi) is 3.23. The molecule has 3 rings (SSSR count). The Morgan fingerprint density at radius 3 is 2.40 bits per heavy atom. The molecule has 1 N–H and O–H groups in total. The number of amides is 1. The maximum Gasteiger partial charge on any atom is 0.328 e. The highest BCUT2D eigenvalue weighted by Crippen LogP contribution is 2.35. The zero-order chi connectivity index (χ0) is 14.3. The third-order valence-electron chi connectivity index (χ3n) is 4.30. The lowest BCUT2D eigenvalue weighted by Crippen LogP contribution is -2.45. The Labute approximate surface area is 116 Å². The van der Waals surface area contributed by atoms with Crippen molar-refractivity contribution in [1.29, 1.82) is 0 Å². The molecule has 1 heterocycles. The van der Waals surface area contributed by atoms with Gasteiger partial charge in [0.15, 0.2) is 0 Å². The van der Waals surface area contributed by atoms with Crippen molar-refractivity contribution in [2.45, 2.75) is 50.6 Å². The van der Waals surface area contributed by atoms with Gasteiger partial charge in [0.1, 0.15) is 5.56 Å². The van der Waals surface area contributed by atoms with Gasteiger partial charge in [-0.2, -0.15) is 0 Å². The molecule has 0 aromatic carbocycles. The lowest BCUT2D eigenvalue weighted by Gasteiger charge is -2.28. The molecule has 0 bridgehead atoms. The van der Waals surface area contributed by atoms with E-state index in [1.54, 1.807) is 0 Å². The standard InChI is InChI=1S/C14H19N3O3/c1-16-12(18)11(8-15-14(16)20)13(19)17(10-6-7-10)9-4-2-3-5-9/h8-10H,2-7H2,1H3,(H,15,20). The monoisotopic (exact) mass is 277 g/mol. The van der Waals surface area contributed by atoms with Crippen molar-refractivity contribution < 1.29 is 4.79 Å². The normalized spacial score (nSPS) is 19.2. The van der Waals surface area contributed by atoms with E-state index in [4.69, 9.17) is 0 Å². The third kappa shape index (κ3) is 2.19. The Morgan fingerprint density at radius 2 is 1.80 bits per heavy atom. The molecule has 2 aliphatic carbocycles. The number of H-pyrrole nitrogens is 1. The summed E-state index contributed by atoms with van der Waals surface area (Å²) in [4.78, 5) is 40.5. The van der Waals surface area contributed by atoms with Gasteiger partial charge in [-0.3, -0.25) is 14.2 Å². The molecule has 0 spiro atoms. The fraction of sp³-hybridized carbons (Fsp3) is 0.643. The largest absolute Gasteiger partial charge is 0.332 e. The topological polar surface area (TPSA) is 75.2 Å². The first-order valence-electron chi connectivity index (χ1n) is 7.21. The molecule has 2 fully saturated rings. The summed E-state index contributed by atoms with van der Waals surface area (Å²) in [6, 6.07) is 0.536. The van der Waals surface area contributed by atoms with Crippen LogP contribution in [-0.4, -0.2) is 32.4 Å². The van der Waals surface area contributed by atoms with Crippen LogP contribution in [0.5, 0.6) is 0 Å². The number of carbonyl (C=O) groups is 1. The van der Waals surface area contributed by atoms with E-state index in [0.29, 0.717) is 0 Å². The lowest BCUT2D eigenvalue weighted by molar-refractivity contribution is 0.0661. The van der Waals surface area contributed by atoms with Crippen LogP contribution in [0.4, 0.5) is 0 Å². The summed E-state index contributed by atoms with van der Waals surface area (Å²) in [5, 5.41) is 0. The van der Waals surface area contributed by atoms with Gasteiger partial charge >= 0.3 is 5.69 Å². The van der Waals surface area contributed by atoms with Crippen molar-refractivity contribution in [1.82, 2.24) is 14.5 Å². The number of hydrogen-bond donors (Lipinski definition) is 1. The number of carbonyl (C=O) groups excluding carboxylic acids is 1. The molecule has 0 radical (unpaired) electrons. The molecular weight excluding hydrogens is 258 g/mol. The van der Waals surface area contributed by atoms with Crippen LogP contribution in [0.3, 0.4) is 0 Å². The van der Waals surface area contributed by atoms with Crippen LogP contribution >= 0.6 is 0 Å². The van der Waals surface area contributed by atoms with Crippen LogP contribution in [0.25, 0.3) is 0 Å². The number of aromatic amines is 1. The van der Waals surface area contributed by atoms with Crippen LogP contribution in [0, 0.1) is 0 Å². The predicted molar refractivity (Wildman–Crippen MR) is 73.8 cm³/mol. The highest BCUT2D eigenvalue weighted by atomic mass is 16.2. The second kappa shape index (κ2) is 4.92. The summed E-state index contributed by atoms with van der Waals surface area (Å²) in [5.74, 6) is -0.226. The SMILES string of the molecule is Cn1c(=O)[nH]cc(C(=O)N(C2CCCC2)C2CC2)c1=O. The van der Waals surface area contributed by atoms with Crippen LogP contribution in [-0.2, 0) is 7.05 Å². The fourth-order valence-corrected chi connectivity index (χ4v) is 3.02. The van der Waals surface area contributed by atoms with Gasteiger partial charge in [-0.25, -0.2) is 4.79 Å². The van der Waals surface area contributed by atoms with E-state index in [1.165, 1.54) is 13.2 Å². The highest BCUT2D eigenvalue weighted by molar-refractivity contribution is 5.94. The van der Waals surface area contributed by atoms with E-state index in [9.17, 15) is 14.4 Å². The molecule has 1 amide bonds. The molecule has 0 atom stereocenters. The van der Waals surface area contributed by atoms with Crippen LogP contribution in [0.2, 0.25) is 0 Å². The summed E-state index contributed by atoms with van der Waals surface area (Å²) < 4.78 is 0.951. The van der Waals surface area contributed by atoms with E-state index >= 15 is 0 Å². The minimum Gasteiger partial charge on any atom is -0.332 e. The first kappa shape index (κ1) is 13.1. The molecule has 2 saturated carbocycles. The minimum atomic E-state index is -0.512. The summed E-state index contributed by atoms with van der Waals surface area (Å²) >= 11 is 0. The average Bonchev–Trinajstić information content (AvgIpc) is 3.11. The maximum absolute atomic E-state index is 12.7. The molecule has 0 unspecified atom stereocenters. The third-order valence-corrected chi connectivity index (χ3v) is 4.30. The van der Waals surface area contributed by atoms with Gasteiger partial charge in [0.05, 0.1) is 0 Å². The smallest absolute Gasteiger partial charge is 0.328 e. The molecule has 2 aliphatic rings. The fourth-order valence-electron chi connectivity index (χ4n) is 3.02. The van der Waals surface area contributed by atoms with E-state index in [0.717, 1.165) is 43.1 Å². The number of nitrogens with zero attached hydrogens (tertiary/aromatic N) is 2. The van der Waals surface area contributed by atoms with Crippen molar-refractivity contribution in [2.75, 3.05) is 0 Å². The molecule has 20 heavy (non-hydrogen) atoms. The molecule has 108 valence electrons. The van der Waals surface area contributed by atoms with Crippen LogP contribution in [0.15, 0.2) is 15.8 Å². The van der Waals surface area contributed by atoms with Gasteiger partial charge in [-0.1, -0.05) is 12.8 Å². The summed E-state index contributed by atoms with van der Waals surface area (Å²) in [7, 11) is 1.38. The quantitative estimate of drug-likeness (QED) is 0.880. The van der Waals surface area contributed by atoms with E-state index in [-0.39, 0.29) is 23.6 Å². The van der Waals surface area contributed by atoms with Crippen molar-refractivity contribution >= 4 is 5.91 Å². The van der Waals surface area contributed by atoms with E-state index < -0.39 is 11.2 Å². The zero-order valence-electron chi connectivity index (χ0n) is 11.6. The molecule has 6 nitrogen and oxygen atoms in total. The average molecular weight is 277 g/mol. The van der Waals surface area contributed by atoms with Gasteiger partial charge in [-0.05, 0) is 25.7 Å².